The van der Waals surface area contributed by atoms with Gasteiger partial charge in [0.1, 0.15) is 12.3 Å². The predicted octanol–water partition coefficient (Wildman–Crippen LogP) is 4.94. The standard InChI is InChI=1S/C31H41N3O5/c1-6-32(7-2)30(36)26-19-27-28(18-25(21(26)4)22-12-10-9-11-13-22)34(23-14-16-24(38-5)17-15-23)31(37)33(27)20-29(35)39-8-3/h9-17,21,25-28H,6-8,18-20H2,1-5H3/t21-,25-,26+,27-,28+/m1/s1. The summed E-state index contributed by atoms with van der Waals surface area (Å²) in [4.78, 5) is 46.0. The maximum atomic E-state index is 14.0. The zero-order valence-corrected chi connectivity index (χ0v) is 23.7. The zero-order valence-electron chi connectivity index (χ0n) is 23.7. The van der Waals surface area contributed by atoms with Gasteiger partial charge in [-0.3, -0.25) is 14.5 Å². The summed E-state index contributed by atoms with van der Waals surface area (Å²) in [7, 11) is 1.61. The molecule has 0 spiro atoms. The summed E-state index contributed by atoms with van der Waals surface area (Å²) in [5.41, 5.74) is 1.91. The van der Waals surface area contributed by atoms with Crippen LogP contribution in [-0.4, -0.2) is 73.1 Å². The molecule has 8 heteroatoms. The van der Waals surface area contributed by atoms with Gasteiger partial charge < -0.3 is 19.3 Å². The van der Waals surface area contributed by atoms with Crippen LogP contribution >= 0.6 is 0 Å². The van der Waals surface area contributed by atoms with E-state index in [4.69, 9.17) is 9.47 Å². The van der Waals surface area contributed by atoms with E-state index in [1.807, 2.05) is 66.1 Å². The Morgan fingerprint density at radius 3 is 2.21 bits per heavy atom. The van der Waals surface area contributed by atoms with Crippen LogP contribution in [0.1, 0.15) is 52.0 Å². The van der Waals surface area contributed by atoms with E-state index in [0.29, 0.717) is 31.7 Å². The number of nitrogens with zero attached hydrogens (tertiary/aromatic N) is 3. The molecular formula is C31H41N3O5. The highest BCUT2D eigenvalue weighted by molar-refractivity contribution is 5.97. The van der Waals surface area contributed by atoms with Crippen molar-refractivity contribution in [2.24, 2.45) is 11.8 Å². The molecule has 3 amide bonds. The highest BCUT2D eigenvalue weighted by Crippen LogP contribution is 2.46. The smallest absolute Gasteiger partial charge is 0.325 e. The predicted molar refractivity (Wildman–Crippen MR) is 151 cm³/mol. The first-order valence-corrected chi connectivity index (χ1v) is 14.1. The number of fused-ring (bicyclic) bond motifs is 1. The molecule has 1 saturated heterocycles. The van der Waals surface area contributed by atoms with Gasteiger partial charge in [0.2, 0.25) is 5.91 Å². The van der Waals surface area contributed by atoms with Crippen molar-refractivity contribution in [2.75, 3.05) is 38.3 Å². The first kappa shape index (κ1) is 28.5. The molecule has 210 valence electrons. The lowest BCUT2D eigenvalue weighted by Crippen LogP contribution is -2.44. The van der Waals surface area contributed by atoms with Gasteiger partial charge in [-0.1, -0.05) is 37.3 Å². The van der Waals surface area contributed by atoms with E-state index in [0.717, 1.165) is 11.3 Å². The summed E-state index contributed by atoms with van der Waals surface area (Å²) >= 11 is 0. The van der Waals surface area contributed by atoms with Crippen LogP contribution < -0.4 is 9.64 Å². The summed E-state index contributed by atoms with van der Waals surface area (Å²) in [6.07, 6.45) is 1.16. The van der Waals surface area contributed by atoms with Crippen LogP contribution in [0.25, 0.3) is 0 Å². The number of anilines is 1. The molecular weight excluding hydrogens is 494 g/mol. The molecule has 1 heterocycles. The molecule has 5 atom stereocenters. The largest absolute Gasteiger partial charge is 0.497 e. The Bertz CT molecular complexity index is 1130. The normalized spacial score (nSPS) is 24.6. The van der Waals surface area contributed by atoms with Crippen LogP contribution in [0.5, 0.6) is 5.75 Å². The molecule has 2 fully saturated rings. The van der Waals surface area contributed by atoms with E-state index >= 15 is 0 Å². The third-order valence-corrected chi connectivity index (χ3v) is 8.46. The van der Waals surface area contributed by atoms with Gasteiger partial charge in [-0.15, -0.1) is 0 Å². The number of urea groups is 1. The first-order valence-electron chi connectivity index (χ1n) is 14.1. The average molecular weight is 536 g/mol. The van der Waals surface area contributed by atoms with Crippen LogP contribution in [0.15, 0.2) is 54.6 Å². The summed E-state index contributed by atoms with van der Waals surface area (Å²) in [6.45, 7) is 9.28. The second-order valence-electron chi connectivity index (χ2n) is 10.4. The van der Waals surface area contributed by atoms with Gasteiger partial charge >= 0.3 is 12.0 Å². The number of carbonyl (C=O) groups is 3. The van der Waals surface area contributed by atoms with E-state index in [-0.39, 0.29) is 54.9 Å². The monoisotopic (exact) mass is 535 g/mol. The van der Waals surface area contributed by atoms with Gasteiger partial charge in [0, 0.05) is 24.7 Å². The Kier molecular flexibility index (Phi) is 9.15. The SMILES string of the molecule is CCOC(=O)CN1C(=O)N(c2ccc(OC)cc2)[C@H]2C[C@@H](c3ccccc3)[C@@H](C)[C@@H](C(=O)N(CC)CC)C[C@H]21. The van der Waals surface area contributed by atoms with Crippen molar-refractivity contribution in [3.05, 3.63) is 60.2 Å². The molecule has 0 unspecified atom stereocenters. The number of hydrogen-bond acceptors (Lipinski definition) is 5. The lowest BCUT2D eigenvalue weighted by Gasteiger charge is -2.33. The van der Waals surface area contributed by atoms with Crippen molar-refractivity contribution in [3.63, 3.8) is 0 Å². The molecule has 2 aromatic rings. The van der Waals surface area contributed by atoms with Gasteiger partial charge in [-0.2, -0.15) is 0 Å². The topological polar surface area (TPSA) is 79.4 Å². The molecule has 39 heavy (non-hydrogen) atoms. The fraction of sp³-hybridized carbons (Fsp3) is 0.516. The fourth-order valence-electron chi connectivity index (χ4n) is 6.39. The molecule has 0 bridgehead atoms. The lowest BCUT2D eigenvalue weighted by atomic mass is 9.77. The van der Waals surface area contributed by atoms with Crippen LogP contribution in [0.4, 0.5) is 10.5 Å². The summed E-state index contributed by atoms with van der Waals surface area (Å²) < 4.78 is 10.6. The van der Waals surface area contributed by atoms with Crippen LogP contribution in [0.2, 0.25) is 0 Å². The van der Waals surface area contributed by atoms with Gasteiger partial charge in [0.25, 0.3) is 0 Å². The molecule has 8 nitrogen and oxygen atoms in total. The second kappa shape index (κ2) is 12.5. The van der Waals surface area contributed by atoms with E-state index in [2.05, 4.69) is 19.1 Å². The highest BCUT2D eigenvalue weighted by atomic mass is 16.5. The van der Waals surface area contributed by atoms with E-state index < -0.39 is 5.97 Å². The Morgan fingerprint density at radius 1 is 0.949 bits per heavy atom. The van der Waals surface area contributed by atoms with Gasteiger partial charge in [0.15, 0.2) is 0 Å². The third-order valence-electron chi connectivity index (χ3n) is 8.46. The minimum atomic E-state index is -0.440. The summed E-state index contributed by atoms with van der Waals surface area (Å²) in [5.74, 6) is 0.181. The zero-order chi connectivity index (χ0) is 28.1. The Hall–Kier alpha value is -3.55. The molecule has 2 aromatic carbocycles. The van der Waals surface area contributed by atoms with Crippen LogP contribution in [0, 0.1) is 11.8 Å². The quantitative estimate of drug-likeness (QED) is 0.425. The number of benzene rings is 2. The lowest BCUT2D eigenvalue weighted by molar-refractivity contribution is -0.144. The van der Waals surface area contributed by atoms with Crippen molar-refractivity contribution >= 4 is 23.6 Å². The minimum Gasteiger partial charge on any atom is -0.497 e. The highest BCUT2D eigenvalue weighted by Gasteiger charge is 2.53. The third kappa shape index (κ3) is 5.75. The fourth-order valence-corrected chi connectivity index (χ4v) is 6.39. The number of methoxy groups -OCH3 is 1. The molecule has 4 rings (SSSR count). The Labute approximate surface area is 231 Å². The van der Waals surface area contributed by atoms with E-state index in [1.165, 1.54) is 0 Å². The van der Waals surface area contributed by atoms with Crippen molar-refractivity contribution < 1.29 is 23.9 Å². The van der Waals surface area contributed by atoms with Crippen molar-refractivity contribution in [3.8, 4) is 5.75 Å². The van der Waals surface area contributed by atoms with Gasteiger partial charge in [0.05, 0.1) is 25.8 Å². The van der Waals surface area contributed by atoms with Crippen molar-refractivity contribution in [1.82, 2.24) is 9.80 Å². The summed E-state index contributed by atoms with van der Waals surface area (Å²) in [5, 5.41) is 0. The minimum absolute atomic E-state index is 0.0448. The number of amides is 3. The Morgan fingerprint density at radius 2 is 1.62 bits per heavy atom. The maximum absolute atomic E-state index is 14.0. The number of rotatable bonds is 9. The Balaban J connectivity index is 1.81. The number of hydrogen-bond donors (Lipinski definition) is 0. The maximum Gasteiger partial charge on any atom is 0.325 e. The second-order valence-corrected chi connectivity index (χ2v) is 10.4. The van der Waals surface area contributed by atoms with E-state index in [1.54, 1.807) is 18.9 Å². The van der Waals surface area contributed by atoms with E-state index in [9.17, 15) is 14.4 Å². The first-order chi connectivity index (χ1) is 18.8. The molecule has 0 N–H and O–H groups in total. The number of ether oxygens (including phenoxy) is 2. The summed E-state index contributed by atoms with van der Waals surface area (Å²) in [6, 6.07) is 17.0. The molecule has 1 saturated carbocycles. The van der Waals surface area contributed by atoms with Crippen molar-refractivity contribution in [1.29, 1.82) is 0 Å². The van der Waals surface area contributed by atoms with Gasteiger partial charge in [-0.25, -0.2) is 4.79 Å². The number of esters is 1. The average Bonchev–Trinajstić information content (AvgIpc) is 3.10. The number of carbonyl (C=O) groups excluding carboxylic acids is 3. The van der Waals surface area contributed by atoms with Gasteiger partial charge in [-0.05, 0) is 75.3 Å². The molecule has 0 radical (unpaired) electrons. The van der Waals surface area contributed by atoms with Crippen molar-refractivity contribution in [2.45, 2.75) is 58.5 Å². The van der Waals surface area contributed by atoms with Crippen LogP contribution in [-0.2, 0) is 14.3 Å². The molecule has 2 aliphatic rings. The molecule has 0 aromatic heterocycles. The molecule has 1 aliphatic carbocycles. The molecule has 1 aliphatic heterocycles. The van der Waals surface area contributed by atoms with Crippen LogP contribution in [0.3, 0.4) is 0 Å².